The normalized spacial score (nSPS) is 11.0. The molecule has 0 saturated carbocycles. The van der Waals surface area contributed by atoms with Crippen molar-refractivity contribution in [3.05, 3.63) is 64.6 Å². The van der Waals surface area contributed by atoms with Crippen molar-refractivity contribution in [3.8, 4) is 0 Å². The predicted octanol–water partition coefficient (Wildman–Crippen LogP) is 2.05. The molecule has 6 nitrogen and oxygen atoms in total. The number of carbonyl (C=O) groups excluding carboxylic acids is 2. The van der Waals surface area contributed by atoms with E-state index in [9.17, 15) is 27.6 Å². The smallest absolute Gasteiger partial charge is 0.416 e. The highest BCUT2D eigenvalue weighted by molar-refractivity contribution is 5.92. The topological polar surface area (TPSA) is 77.4 Å². The molecule has 1 aromatic carbocycles. The van der Waals surface area contributed by atoms with E-state index in [1.54, 1.807) is 6.07 Å². The number of benzene rings is 1. The number of ether oxygens (including phenoxy) is 1. The molecule has 1 amide bonds. The number of esters is 1. The van der Waals surface area contributed by atoms with Crippen LogP contribution < -0.4 is 10.9 Å². The lowest BCUT2D eigenvalue weighted by Gasteiger charge is -2.09. The summed E-state index contributed by atoms with van der Waals surface area (Å²) in [6.45, 7) is -0.978. The Labute approximate surface area is 139 Å². The van der Waals surface area contributed by atoms with Gasteiger partial charge in [-0.2, -0.15) is 13.2 Å². The highest BCUT2D eigenvalue weighted by Gasteiger charge is 2.29. The van der Waals surface area contributed by atoms with Gasteiger partial charge in [-0.15, -0.1) is 0 Å². The third kappa shape index (κ3) is 5.48. The molecule has 2 rings (SSSR count). The van der Waals surface area contributed by atoms with Gasteiger partial charge < -0.3 is 14.6 Å². The quantitative estimate of drug-likeness (QED) is 0.834. The van der Waals surface area contributed by atoms with Crippen LogP contribution >= 0.6 is 0 Å². The molecular formula is C16H13F3N2O4. The molecule has 132 valence electrons. The number of aromatic nitrogens is 1. The van der Waals surface area contributed by atoms with Gasteiger partial charge in [0, 0.05) is 18.0 Å². The molecule has 0 spiro atoms. The molecule has 2 aromatic rings. The first-order chi connectivity index (χ1) is 11.8. The summed E-state index contributed by atoms with van der Waals surface area (Å²) in [5.74, 6) is -1.51. The summed E-state index contributed by atoms with van der Waals surface area (Å²) in [6.07, 6.45) is -3.07. The van der Waals surface area contributed by atoms with Crippen LogP contribution in [0.2, 0.25) is 0 Å². The number of rotatable bonds is 5. The number of pyridine rings is 1. The number of nitrogens with zero attached hydrogens (tertiary/aromatic N) is 1. The van der Waals surface area contributed by atoms with Crippen molar-refractivity contribution in [2.24, 2.45) is 0 Å². The van der Waals surface area contributed by atoms with Crippen LogP contribution in [-0.2, 0) is 27.0 Å². The molecule has 1 aromatic heterocycles. The molecule has 9 heteroatoms. The third-order valence-electron chi connectivity index (χ3n) is 3.06. The molecule has 0 saturated heterocycles. The maximum absolute atomic E-state index is 12.4. The number of amides is 1. The molecule has 0 aliphatic carbocycles. The lowest BCUT2D eigenvalue weighted by molar-refractivity contribution is -0.148. The third-order valence-corrected chi connectivity index (χ3v) is 3.06. The maximum atomic E-state index is 12.4. The van der Waals surface area contributed by atoms with Crippen molar-refractivity contribution in [3.63, 3.8) is 0 Å². The first kappa shape index (κ1) is 18.2. The Morgan fingerprint density at radius 2 is 1.76 bits per heavy atom. The summed E-state index contributed by atoms with van der Waals surface area (Å²) >= 11 is 0. The first-order valence-corrected chi connectivity index (χ1v) is 7.04. The Kier molecular flexibility index (Phi) is 5.58. The highest BCUT2D eigenvalue weighted by Crippen LogP contribution is 2.29. The van der Waals surface area contributed by atoms with Gasteiger partial charge in [-0.1, -0.05) is 6.07 Å². The highest BCUT2D eigenvalue weighted by atomic mass is 19.4. The Morgan fingerprint density at radius 1 is 1.08 bits per heavy atom. The van der Waals surface area contributed by atoms with Crippen LogP contribution in [0.4, 0.5) is 18.9 Å². The number of halogens is 3. The van der Waals surface area contributed by atoms with Crippen LogP contribution in [0.3, 0.4) is 0 Å². The van der Waals surface area contributed by atoms with Gasteiger partial charge in [0.15, 0.2) is 6.61 Å². The molecule has 1 heterocycles. The minimum Gasteiger partial charge on any atom is -0.454 e. The first-order valence-electron chi connectivity index (χ1n) is 7.04. The molecule has 1 N–H and O–H groups in total. The standard InChI is InChI=1S/C16H13F3N2O4/c17-16(18,19)11-4-6-12(7-5-11)20-13(22)10-25-15(24)9-21-8-2-1-3-14(21)23/h1-8H,9-10H2,(H,20,22). The number of anilines is 1. The molecule has 0 radical (unpaired) electrons. The van der Waals surface area contributed by atoms with Crippen molar-refractivity contribution in [2.45, 2.75) is 12.7 Å². The summed E-state index contributed by atoms with van der Waals surface area (Å²) in [7, 11) is 0. The van der Waals surface area contributed by atoms with Crippen molar-refractivity contribution < 1.29 is 27.5 Å². The lowest BCUT2D eigenvalue weighted by atomic mass is 10.2. The number of carbonyl (C=O) groups is 2. The van der Waals surface area contributed by atoms with E-state index < -0.39 is 35.8 Å². The average molecular weight is 354 g/mol. The lowest BCUT2D eigenvalue weighted by Crippen LogP contribution is -2.26. The van der Waals surface area contributed by atoms with Gasteiger partial charge in [-0.25, -0.2) is 0 Å². The summed E-state index contributed by atoms with van der Waals surface area (Å²) in [5, 5.41) is 2.30. The largest absolute Gasteiger partial charge is 0.454 e. The van der Waals surface area contributed by atoms with E-state index in [0.717, 1.165) is 28.8 Å². The van der Waals surface area contributed by atoms with Crippen molar-refractivity contribution in [1.82, 2.24) is 4.57 Å². The second-order valence-corrected chi connectivity index (χ2v) is 4.95. The summed E-state index contributed by atoms with van der Waals surface area (Å²) in [4.78, 5) is 34.7. The second kappa shape index (κ2) is 7.65. The average Bonchev–Trinajstić information content (AvgIpc) is 2.55. The summed E-state index contributed by atoms with van der Waals surface area (Å²) < 4.78 is 43.1. The number of alkyl halides is 3. The van der Waals surface area contributed by atoms with Gasteiger partial charge in [-0.05, 0) is 30.3 Å². The van der Waals surface area contributed by atoms with Gasteiger partial charge in [0.2, 0.25) is 0 Å². The van der Waals surface area contributed by atoms with Crippen LogP contribution in [0.5, 0.6) is 0 Å². The molecule has 0 fully saturated rings. The van der Waals surface area contributed by atoms with Crippen molar-refractivity contribution >= 4 is 17.6 Å². The summed E-state index contributed by atoms with van der Waals surface area (Å²) in [6, 6.07) is 8.17. The van der Waals surface area contributed by atoms with Gasteiger partial charge in [0.25, 0.3) is 11.5 Å². The predicted molar refractivity (Wildman–Crippen MR) is 81.7 cm³/mol. The van der Waals surface area contributed by atoms with Crippen LogP contribution in [0.25, 0.3) is 0 Å². The minimum absolute atomic E-state index is 0.133. The van der Waals surface area contributed by atoms with Gasteiger partial charge in [0.1, 0.15) is 6.54 Å². The van der Waals surface area contributed by atoms with E-state index in [2.05, 4.69) is 5.32 Å². The van der Waals surface area contributed by atoms with E-state index in [0.29, 0.717) is 0 Å². The Morgan fingerprint density at radius 3 is 2.36 bits per heavy atom. The fraction of sp³-hybridized carbons (Fsp3) is 0.188. The fourth-order valence-corrected chi connectivity index (χ4v) is 1.86. The van der Waals surface area contributed by atoms with E-state index in [1.165, 1.54) is 18.3 Å². The SMILES string of the molecule is O=C(COC(=O)Cn1ccccc1=O)Nc1ccc(C(F)(F)F)cc1. The Balaban J connectivity index is 1.83. The van der Waals surface area contributed by atoms with Crippen LogP contribution in [-0.4, -0.2) is 23.1 Å². The van der Waals surface area contributed by atoms with Gasteiger partial charge >= 0.3 is 12.1 Å². The molecule has 0 unspecified atom stereocenters. The van der Waals surface area contributed by atoms with Crippen LogP contribution in [0, 0.1) is 0 Å². The molecule has 0 aliphatic rings. The van der Waals surface area contributed by atoms with Crippen molar-refractivity contribution in [1.29, 1.82) is 0 Å². The zero-order valence-electron chi connectivity index (χ0n) is 12.7. The molecule has 25 heavy (non-hydrogen) atoms. The van der Waals surface area contributed by atoms with Crippen LogP contribution in [0.1, 0.15) is 5.56 Å². The molecule has 0 atom stereocenters. The zero-order chi connectivity index (χ0) is 18.4. The molecule has 0 aliphatic heterocycles. The Hall–Kier alpha value is -3.10. The molecule has 0 bridgehead atoms. The van der Waals surface area contributed by atoms with Gasteiger partial charge in [-0.3, -0.25) is 14.4 Å². The minimum atomic E-state index is -4.46. The van der Waals surface area contributed by atoms with E-state index in [4.69, 9.17) is 4.74 Å². The second-order valence-electron chi connectivity index (χ2n) is 4.95. The molecular weight excluding hydrogens is 341 g/mol. The van der Waals surface area contributed by atoms with Crippen molar-refractivity contribution in [2.75, 3.05) is 11.9 Å². The van der Waals surface area contributed by atoms with Crippen LogP contribution in [0.15, 0.2) is 53.5 Å². The number of hydrogen-bond acceptors (Lipinski definition) is 4. The zero-order valence-corrected chi connectivity index (χ0v) is 12.7. The Bertz CT molecular complexity index is 813. The number of hydrogen-bond donors (Lipinski definition) is 1. The van der Waals surface area contributed by atoms with E-state index >= 15 is 0 Å². The maximum Gasteiger partial charge on any atom is 0.416 e. The van der Waals surface area contributed by atoms with E-state index in [-0.39, 0.29) is 12.2 Å². The fourth-order valence-electron chi connectivity index (χ4n) is 1.86. The van der Waals surface area contributed by atoms with Gasteiger partial charge in [0.05, 0.1) is 5.56 Å². The van der Waals surface area contributed by atoms with E-state index in [1.807, 2.05) is 0 Å². The summed E-state index contributed by atoms with van der Waals surface area (Å²) in [5.41, 5.74) is -1.10. The number of nitrogens with one attached hydrogen (secondary N) is 1. The monoisotopic (exact) mass is 354 g/mol.